The second-order valence-electron chi connectivity index (χ2n) is 9.03. The summed E-state index contributed by atoms with van der Waals surface area (Å²) in [5, 5.41) is 29.6. The molecule has 1 fully saturated rings. The number of aromatic nitrogens is 2. The number of phenolic OH excluding ortho intramolecular Hbond substituents is 2. The van der Waals surface area contributed by atoms with E-state index in [9.17, 15) is 15.0 Å². The van der Waals surface area contributed by atoms with Crippen molar-refractivity contribution in [3.63, 3.8) is 0 Å². The van der Waals surface area contributed by atoms with Crippen LogP contribution < -0.4 is 10.1 Å². The number of aromatic hydroxyl groups is 2. The van der Waals surface area contributed by atoms with Crippen molar-refractivity contribution in [1.29, 1.82) is 0 Å². The van der Waals surface area contributed by atoms with E-state index < -0.39 is 0 Å². The third-order valence-electron chi connectivity index (χ3n) is 6.53. The summed E-state index contributed by atoms with van der Waals surface area (Å²) in [6.45, 7) is 0. The Kier molecular flexibility index (Phi) is 5.49. The number of ether oxygens (including phenoxy) is 1. The second kappa shape index (κ2) is 8.98. The molecule has 0 spiro atoms. The Balaban J connectivity index is 1.50. The van der Waals surface area contributed by atoms with E-state index in [2.05, 4.69) is 15.5 Å². The molecular weight excluding hydrogens is 470 g/mol. The highest BCUT2D eigenvalue weighted by Crippen LogP contribution is 2.45. The fraction of sp³-hybridized carbons (Fsp3) is 0.138. The number of amides is 1. The molecule has 0 unspecified atom stereocenters. The monoisotopic (exact) mass is 493 g/mol. The molecule has 3 aromatic carbocycles. The van der Waals surface area contributed by atoms with Gasteiger partial charge in [-0.2, -0.15) is 0 Å². The number of phenols is 2. The van der Waals surface area contributed by atoms with Crippen LogP contribution in [-0.4, -0.2) is 33.4 Å². The maximum Gasteiger partial charge on any atom is 0.239 e. The van der Waals surface area contributed by atoms with Gasteiger partial charge < -0.3 is 19.5 Å². The fourth-order valence-electron chi connectivity index (χ4n) is 4.36. The molecule has 0 aliphatic heterocycles. The van der Waals surface area contributed by atoms with Gasteiger partial charge in [-0.15, -0.1) is 0 Å². The van der Waals surface area contributed by atoms with Gasteiger partial charge in [0.05, 0.1) is 18.2 Å². The summed E-state index contributed by atoms with van der Waals surface area (Å²) in [4.78, 5) is 17.1. The van der Waals surface area contributed by atoms with Crippen LogP contribution in [-0.2, 0) is 4.79 Å². The van der Waals surface area contributed by atoms with Crippen molar-refractivity contribution in [3.8, 4) is 50.8 Å². The lowest BCUT2D eigenvalue weighted by Crippen LogP contribution is -2.13. The zero-order valence-corrected chi connectivity index (χ0v) is 19.9. The minimum Gasteiger partial charge on any atom is -0.507 e. The Hall–Kier alpha value is -4.85. The average Bonchev–Trinajstić information content (AvgIpc) is 3.70. The Morgan fingerprint density at radius 1 is 0.973 bits per heavy atom. The molecule has 6 rings (SSSR count). The smallest absolute Gasteiger partial charge is 0.239 e. The third kappa shape index (κ3) is 4.23. The number of fused-ring (bicyclic) bond motifs is 1. The number of rotatable bonds is 6. The standard InChI is InChI=1S/C29H23N3O5/c1-36-20-10-8-16(9-11-20)26-27(32-37-29(26)31-28(35)17-6-7-17)22-13-21(24(33)14-25(22)34)19-12-18-4-2-3-5-23(18)30-15-19/h2-5,8-15,17,33-34H,6-7H2,1H3,(H,31,35). The quantitative estimate of drug-likeness (QED) is 0.266. The first-order valence-corrected chi connectivity index (χ1v) is 11.9. The Labute approximate surface area is 212 Å². The molecule has 8 nitrogen and oxygen atoms in total. The molecule has 2 heterocycles. The van der Waals surface area contributed by atoms with Crippen LogP contribution >= 0.6 is 0 Å². The zero-order chi connectivity index (χ0) is 25.5. The van der Waals surface area contributed by atoms with Gasteiger partial charge in [0.1, 0.15) is 22.9 Å². The fourth-order valence-corrected chi connectivity index (χ4v) is 4.36. The van der Waals surface area contributed by atoms with E-state index >= 15 is 0 Å². The summed E-state index contributed by atoms with van der Waals surface area (Å²) in [7, 11) is 1.58. The van der Waals surface area contributed by atoms with E-state index in [1.807, 2.05) is 42.5 Å². The summed E-state index contributed by atoms with van der Waals surface area (Å²) in [6, 6.07) is 19.8. The van der Waals surface area contributed by atoms with Crippen LogP contribution in [0.3, 0.4) is 0 Å². The second-order valence-corrected chi connectivity index (χ2v) is 9.03. The van der Waals surface area contributed by atoms with Crippen molar-refractivity contribution in [2.24, 2.45) is 5.92 Å². The number of anilines is 1. The topological polar surface area (TPSA) is 118 Å². The van der Waals surface area contributed by atoms with E-state index in [0.717, 1.165) is 23.7 Å². The molecule has 1 aliphatic carbocycles. The number of benzene rings is 3. The lowest BCUT2D eigenvalue weighted by molar-refractivity contribution is -0.117. The predicted molar refractivity (Wildman–Crippen MR) is 139 cm³/mol. The van der Waals surface area contributed by atoms with Gasteiger partial charge in [-0.05, 0) is 48.7 Å². The lowest BCUT2D eigenvalue weighted by atomic mass is 9.96. The van der Waals surface area contributed by atoms with Gasteiger partial charge in [0.2, 0.25) is 11.8 Å². The first-order valence-electron chi connectivity index (χ1n) is 11.9. The van der Waals surface area contributed by atoms with Crippen LogP contribution in [0, 0.1) is 5.92 Å². The number of methoxy groups -OCH3 is 1. The molecule has 1 amide bonds. The number of hydrogen-bond acceptors (Lipinski definition) is 7. The molecule has 1 saturated carbocycles. The van der Waals surface area contributed by atoms with Crippen molar-refractivity contribution < 1.29 is 24.3 Å². The van der Waals surface area contributed by atoms with Gasteiger partial charge in [-0.25, -0.2) is 0 Å². The number of para-hydroxylation sites is 1. The number of carbonyl (C=O) groups is 1. The molecule has 0 atom stereocenters. The molecule has 3 N–H and O–H groups in total. The van der Waals surface area contributed by atoms with Gasteiger partial charge in [0.25, 0.3) is 0 Å². The van der Waals surface area contributed by atoms with Gasteiger partial charge >= 0.3 is 0 Å². The Bertz CT molecular complexity index is 1640. The third-order valence-corrected chi connectivity index (χ3v) is 6.53. The highest BCUT2D eigenvalue weighted by atomic mass is 16.5. The summed E-state index contributed by atoms with van der Waals surface area (Å²) >= 11 is 0. The van der Waals surface area contributed by atoms with Crippen molar-refractivity contribution in [3.05, 3.63) is 72.9 Å². The highest BCUT2D eigenvalue weighted by molar-refractivity contribution is 6.00. The van der Waals surface area contributed by atoms with E-state index in [1.54, 1.807) is 31.5 Å². The first kappa shape index (κ1) is 22.6. The maximum absolute atomic E-state index is 12.6. The van der Waals surface area contributed by atoms with Crippen molar-refractivity contribution in [2.45, 2.75) is 12.8 Å². The number of pyridine rings is 1. The van der Waals surface area contributed by atoms with Crippen LogP contribution in [0.1, 0.15) is 12.8 Å². The SMILES string of the molecule is COc1ccc(-c2c(-c3cc(-c4cnc5ccccc5c4)c(O)cc3O)noc2NC(=O)C2CC2)cc1. The minimum absolute atomic E-state index is 0.0358. The maximum atomic E-state index is 12.6. The van der Waals surface area contributed by atoms with E-state index in [1.165, 1.54) is 6.07 Å². The van der Waals surface area contributed by atoms with Crippen LogP contribution in [0.25, 0.3) is 44.4 Å². The number of nitrogens with one attached hydrogen (secondary N) is 1. The predicted octanol–water partition coefficient (Wildman–Crippen LogP) is 5.99. The molecule has 5 aromatic rings. The summed E-state index contributed by atoms with van der Waals surface area (Å²) in [5.74, 6) is 0.414. The van der Waals surface area contributed by atoms with E-state index in [4.69, 9.17) is 9.26 Å². The normalized spacial score (nSPS) is 13.0. The Morgan fingerprint density at radius 3 is 2.49 bits per heavy atom. The molecule has 1 aliphatic rings. The molecular formula is C29H23N3O5. The summed E-state index contributed by atoms with van der Waals surface area (Å²) in [6.07, 6.45) is 3.35. The first-order chi connectivity index (χ1) is 18.0. The van der Waals surface area contributed by atoms with Crippen molar-refractivity contribution >= 4 is 22.7 Å². The van der Waals surface area contributed by atoms with Crippen LogP contribution in [0.5, 0.6) is 17.2 Å². The summed E-state index contributed by atoms with van der Waals surface area (Å²) < 4.78 is 10.9. The molecule has 2 aromatic heterocycles. The van der Waals surface area contributed by atoms with Gasteiger partial charge in [-0.1, -0.05) is 35.5 Å². The van der Waals surface area contributed by atoms with Gasteiger partial charge in [-0.3, -0.25) is 15.1 Å². The molecule has 0 saturated heterocycles. The van der Waals surface area contributed by atoms with Crippen molar-refractivity contribution in [1.82, 2.24) is 10.1 Å². The van der Waals surface area contributed by atoms with Crippen LogP contribution in [0.4, 0.5) is 5.88 Å². The highest BCUT2D eigenvalue weighted by Gasteiger charge is 2.32. The molecule has 37 heavy (non-hydrogen) atoms. The summed E-state index contributed by atoms with van der Waals surface area (Å²) in [5.41, 5.74) is 3.86. The van der Waals surface area contributed by atoms with Crippen molar-refractivity contribution in [2.75, 3.05) is 12.4 Å². The van der Waals surface area contributed by atoms with Gasteiger partial charge in [0, 0.05) is 40.3 Å². The minimum atomic E-state index is -0.182. The largest absolute Gasteiger partial charge is 0.507 e. The van der Waals surface area contributed by atoms with E-state index in [0.29, 0.717) is 39.3 Å². The zero-order valence-electron chi connectivity index (χ0n) is 19.9. The molecule has 0 radical (unpaired) electrons. The van der Waals surface area contributed by atoms with Crippen LogP contribution in [0.15, 0.2) is 77.4 Å². The number of carbonyl (C=O) groups excluding carboxylic acids is 1. The lowest BCUT2D eigenvalue weighted by Gasteiger charge is -2.12. The average molecular weight is 494 g/mol. The molecule has 8 heteroatoms. The van der Waals surface area contributed by atoms with Gasteiger partial charge in [0.15, 0.2) is 0 Å². The van der Waals surface area contributed by atoms with E-state index in [-0.39, 0.29) is 29.2 Å². The Morgan fingerprint density at radius 2 is 1.73 bits per heavy atom. The molecule has 0 bridgehead atoms. The number of hydrogen-bond donors (Lipinski definition) is 3. The van der Waals surface area contributed by atoms with Crippen LogP contribution in [0.2, 0.25) is 0 Å². The number of nitrogens with zero attached hydrogens (tertiary/aromatic N) is 2. The molecule has 184 valence electrons.